The van der Waals surface area contributed by atoms with Gasteiger partial charge in [0.1, 0.15) is 0 Å². The van der Waals surface area contributed by atoms with Gasteiger partial charge in [0.25, 0.3) is 0 Å². The van der Waals surface area contributed by atoms with E-state index in [9.17, 15) is 0 Å². The van der Waals surface area contributed by atoms with Gasteiger partial charge in [0.15, 0.2) is 0 Å². The maximum atomic E-state index is 5.51. The van der Waals surface area contributed by atoms with Crippen LogP contribution in [0.4, 0.5) is 0 Å². The minimum absolute atomic E-state index is 0.758. The summed E-state index contributed by atoms with van der Waals surface area (Å²) in [6.07, 6.45) is 2.12. The number of nitrogens with two attached hydrogens (primary N) is 1. The quantitative estimate of drug-likeness (QED) is 0.838. The number of aryl methyl sites for hydroxylation is 2. The Morgan fingerprint density at radius 3 is 3.07 bits per heavy atom. The van der Waals surface area contributed by atoms with Gasteiger partial charge in [-0.25, -0.2) is 4.98 Å². The lowest BCUT2D eigenvalue weighted by atomic mass is 10.0. The van der Waals surface area contributed by atoms with Crippen molar-refractivity contribution in [1.82, 2.24) is 4.98 Å². The highest BCUT2D eigenvalue weighted by Gasteiger charge is 2.04. The average Bonchev–Trinajstić information content (AvgIpc) is 2.66. The molecule has 3 heteroatoms. The summed E-state index contributed by atoms with van der Waals surface area (Å²) in [4.78, 5) is 4.37. The van der Waals surface area contributed by atoms with Crippen LogP contribution >= 0.6 is 11.3 Å². The highest BCUT2D eigenvalue weighted by Crippen LogP contribution is 2.24. The van der Waals surface area contributed by atoms with Crippen molar-refractivity contribution in [3.8, 4) is 0 Å². The molecule has 1 aromatic heterocycles. The Bertz CT molecular complexity index is 434. The smallest absolute Gasteiger partial charge is 0.0843 e. The Morgan fingerprint density at radius 1 is 1.43 bits per heavy atom. The summed E-state index contributed by atoms with van der Waals surface area (Å²) in [5.74, 6) is 0. The van der Waals surface area contributed by atoms with Crippen LogP contribution in [0, 0.1) is 6.92 Å². The van der Waals surface area contributed by atoms with Gasteiger partial charge >= 0.3 is 0 Å². The zero-order valence-electron chi connectivity index (χ0n) is 8.29. The van der Waals surface area contributed by atoms with Gasteiger partial charge in [-0.3, -0.25) is 0 Å². The SMILES string of the molecule is Cc1c(CCCN)ccc2scnc12. The van der Waals surface area contributed by atoms with E-state index in [4.69, 9.17) is 5.73 Å². The molecule has 74 valence electrons. The fraction of sp³-hybridized carbons (Fsp3) is 0.364. The first kappa shape index (κ1) is 9.62. The Balaban J connectivity index is 2.40. The molecular formula is C11H14N2S. The number of hydrogen-bond donors (Lipinski definition) is 1. The second-order valence-electron chi connectivity index (χ2n) is 3.44. The molecule has 0 spiro atoms. The van der Waals surface area contributed by atoms with Crippen LogP contribution in [0.5, 0.6) is 0 Å². The number of rotatable bonds is 3. The molecule has 14 heavy (non-hydrogen) atoms. The van der Waals surface area contributed by atoms with E-state index in [1.165, 1.54) is 15.8 Å². The molecule has 2 N–H and O–H groups in total. The normalized spacial score (nSPS) is 11.0. The van der Waals surface area contributed by atoms with Crippen molar-refractivity contribution in [2.75, 3.05) is 6.54 Å². The Kier molecular flexibility index (Phi) is 2.79. The lowest BCUT2D eigenvalue weighted by Gasteiger charge is -2.04. The molecule has 2 rings (SSSR count). The van der Waals surface area contributed by atoms with Crippen LogP contribution in [-0.4, -0.2) is 11.5 Å². The molecule has 1 aromatic carbocycles. The number of fused-ring (bicyclic) bond motifs is 1. The van der Waals surface area contributed by atoms with Gasteiger partial charge in [-0.2, -0.15) is 0 Å². The van der Waals surface area contributed by atoms with Crippen LogP contribution < -0.4 is 5.73 Å². The maximum Gasteiger partial charge on any atom is 0.0843 e. The standard InChI is InChI=1S/C11H14N2S/c1-8-9(3-2-6-12)4-5-10-11(8)13-7-14-10/h4-5,7H,2-3,6,12H2,1H3. The van der Waals surface area contributed by atoms with E-state index in [1.807, 2.05) is 5.51 Å². The first-order valence-corrected chi connectivity index (χ1v) is 5.72. The van der Waals surface area contributed by atoms with E-state index in [0.717, 1.165) is 24.9 Å². The molecule has 2 nitrogen and oxygen atoms in total. The van der Waals surface area contributed by atoms with E-state index in [1.54, 1.807) is 11.3 Å². The zero-order valence-corrected chi connectivity index (χ0v) is 9.10. The van der Waals surface area contributed by atoms with Crippen molar-refractivity contribution < 1.29 is 0 Å². The van der Waals surface area contributed by atoms with Crippen molar-refractivity contribution in [3.63, 3.8) is 0 Å². The fourth-order valence-electron chi connectivity index (χ4n) is 1.67. The predicted octanol–water partition coefficient (Wildman–Crippen LogP) is 2.50. The molecule has 1 heterocycles. The third kappa shape index (κ3) is 1.65. The Hall–Kier alpha value is -0.930. The van der Waals surface area contributed by atoms with Crippen LogP contribution in [0.3, 0.4) is 0 Å². The van der Waals surface area contributed by atoms with Crippen molar-refractivity contribution in [1.29, 1.82) is 0 Å². The molecule has 2 aromatic rings. The van der Waals surface area contributed by atoms with Gasteiger partial charge in [0, 0.05) is 0 Å². The van der Waals surface area contributed by atoms with E-state index < -0.39 is 0 Å². The van der Waals surface area contributed by atoms with Gasteiger partial charge in [0.05, 0.1) is 15.7 Å². The maximum absolute atomic E-state index is 5.51. The minimum atomic E-state index is 0.758. The molecule has 0 bridgehead atoms. The van der Waals surface area contributed by atoms with E-state index in [2.05, 4.69) is 24.0 Å². The average molecular weight is 206 g/mol. The Labute approximate surface area is 87.8 Å². The second kappa shape index (κ2) is 4.07. The fourth-order valence-corrected chi connectivity index (χ4v) is 2.41. The lowest BCUT2D eigenvalue weighted by molar-refractivity contribution is 0.829. The zero-order chi connectivity index (χ0) is 9.97. The number of benzene rings is 1. The summed E-state index contributed by atoms with van der Waals surface area (Å²) in [6, 6.07) is 4.36. The van der Waals surface area contributed by atoms with E-state index in [-0.39, 0.29) is 0 Å². The molecule has 0 amide bonds. The summed E-state index contributed by atoms with van der Waals surface area (Å²) in [5, 5.41) is 0. The topological polar surface area (TPSA) is 38.9 Å². The van der Waals surface area contributed by atoms with Gasteiger partial charge in [-0.1, -0.05) is 6.07 Å². The van der Waals surface area contributed by atoms with E-state index >= 15 is 0 Å². The van der Waals surface area contributed by atoms with Gasteiger partial charge in [-0.15, -0.1) is 11.3 Å². The molecular weight excluding hydrogens is 192 g/mol. The van der Waals surface area contributed by atoms with Crippen LogP contribution in [-0.2, 0) is 6.42 Å². The predicted molar refractivity (Wildman–Crippen MR) is 61.7 cm³/mol. The van der Waals surface area contributed by atoms with Gasteiger partial charge < -0.3 is 5.73 Å². The number of thiazole rings is 1. The molecule has 0 saturated carbocycles. The first-order chi connectivity index (χ1) is 6.83. The van der Waals surface area contributed by atoms with Gasteiger partial charge in [-0.05, 0) is 43.5 Å². The molecule has 0 saturated heterocycles. The minimum Gasteiger partial charge on any atom is -0.330 e. The third-order valence-electron chi connectivity index (χ3n) is 2.52. The van der Waals surface area contributed by atoms with Crippen molar-refractivity contribution >= 4 is 21.6 Å². The van der Waals surface area contributed by atoms with Crippen molar-refractivity contribution in [2.24, 2.45) is 5.73 Å². The van der Waals surface area contributed by atoms with Crippen LogP contribution in [0.2, 0.25) is 0 Å². The second-order valence-corrected chi connectivity index (χ2v) is 4.33. The highest BCUT2D eigenvalue weighted by molar-refractivity contribution is 7.16. The Morgan fingerprint density at radius 2 is 2.29 bits per heavy atom. The first-order valence-electron chi connectivity index (χ1n) is 4.84. The number of hydrogen-bond acceptors (Lipinski definition) is 3. The molecule has 0 unspecified atom stereocenters. The number of nitrogens with zero attached hydrogens (tertiary/aromatic N) is 1. The molecule has 0 radical (unpaired) electrons. The monoisotopic (exact) mass is 206 g/mol. The summed E-state index contributed by atoms with van der Waals surface area (Å²) in [7, 11) is 0. The highest BCUT2D eigenvalue weighted by atomic mass is 32.1. The van der Waals surface area contributed by atoms with Crippen molar-refractivity contribution in [3.05, 3.63) is 28.8 Å². The van der Waals surface area contributed by atoms with Gasteiger partial charge in [0.2, 0.25) is 0 Å². The molecule has 0 aliphatic rings. The number of aromatic nitrogens is 1. The van der Waals surface area contributed by atoms with E-state index in [0.29, 0.717) is 0 Å². The molecule has 0 atom stereocenters. The molecule has 0 aliphatic heterocycles. The van der Waals surface area contributed by atoms with Crippen LogP contribution in [0.1, 0.15) is 17.5 Å². The summed E-state index contributed by atoms with van der Waals surface area (Å²) < 4.78 is 1.28. The van der Waals surface area contributed by atoms with Crippen LogP contribution in [0.25, 0.3) is 10.2 Å². The lowest BCUT2D eigenvalue weighted by Crippen LogP contribution is -2.01. The largest absolute Gasteiger partial charge is 0.330 e. The third-order valence-corrected chi connectivity index (χ3v) is 3.31. The molecule has 0 fully saturated rings. The van der Waals surface area contributed by atoms with Crippen molar-refractivity contribution in [2.45, 2.75) is 19.8 Å². The molecule has 0 aliphatic carbocycles. The summed E-state index contributed by atoms with van der Waals surface area (Å²) in [5.41, 5.74) is 11.3. The van der Waals surface area contributed by atoms with Crippen LogP contribution in [0.15, 0.2) is 17.6 Å². The summed E-state index contributed by atoms with van der Waals surface area (Å²) >= 11 is 1.70. The summed E-state index contributed by atoms with van der Waals surface area (Å²) in [6.45, 7) is 2.91.